The molecule has 1 N–H and O–H groups in total. The minimum Gasteiger partial charge on any atom is -0.331 e. The van der Waals surface area contributed by atoms with Crippen LogP contribution in [0.2, 0.25) is 5.02 Å². The number of hydrogen-bond acceptors (Lipinski definition) is 3. The second kappa shape index (κ2) is 5.17. The highest BCUT2D eigenvalue weighted by atomic mass is 35.5. The minimum absolute atomic E-state index is 0.232. The van der Waals surface area contributed by atoms with E-state index >= 15 is 0 Å². The van der Waals surface area contributed by atoms with Gasteiger partial charge in [0.2, 0.25) is 0 Å². The van der Waals surface area contributed by atoms with Gasteiger partial charge >= 0.3 is 0 Å². The number of aromatic nitrogens is 2. The van der Waals surface area contributed by atoms with Crippen LogP contribution in [0.4, 0.5) is 0 Å². The maximum atomic E-state index is 12.6. The van der Waals surface area contributed by atoms with Gasteiger partial charge in [-0.3, -0.25) is 9.36 Å². The molecule has 0 radical (unpaired) electrons. The van der Waals surface area contributed by atoms with Crippen molar-refractivity contribution in [3.05, 3.63) is 68.2 Å². The number of halogens is 1. The van der Waals surface area contributed by atoms with Crippen LogP contribution in [0.15, 0.2) is 47.3 Å². The van der Waals surface area contributed by atoms with Crippen molar-refractivity contribution in [2.45, 2.75) is 0 Å². The van der Waals surface area contributed by atoms with Crippen LogP contribution >= 0.6 is 23.8 Å². The van der Waals surface area contributed by atoms with E-state index in [1.54, 1.807) is 36.4 Å². The normalized spacial score (nSPS) is 10.5. The largest absolute Gasteiger partial charge is 0.331 e. The van der Waals surface area contributed by atoms with Crippen molar-refractivity contribution < 1.29 is 0 Å². The molecule has 0 saturated heterocycles. The van der Waals surface area contributed by atoms with Crippen LogP contribution in [-0.2, 0) is 0 Å². The van der Waals surface area contributed by atoms with Crippen LogP contribution < -0.4 is 5.56 Å². The molecule has 3 rings (SSSR count). The number of hydrogen-bond donors (Lipinski definition) is 1. The molecule has 6 heteroatoms. The third kappa shape index (κ3) is 2.25. The van der Waals surface area contributed by atoms with Crippen LogP contribution in [0.3, 0.4) is 0 Å². The lowest BCUT2D eigenvalue weighted by molar-refractivity contribution is 0.939. The first-order chi connectivity index (χ1) is 10.1. The molecule has 0 aliphatic carbocycles. The monoisotopic (exact) mass is 313 g/mol. The van der Waals surface area contributed by atoms with E-state index in [9.17, 15) is 4.79 Å². The van der Waals surface area contributed by atoms with E-state index in [0.717, 1.165) is 0 Å². The standard InChI is InChI=1S/C15H8ClN3OS/c16-11-6-5-9(8-17)7-13(11)19-14(20)10-3-1-2-4-12(10)18-15(19)21/h1-7H,(H,18,21). The zero-order valence-electron chi connectivity index (χ0n) is 10.6. The van der Waals surface area contributed by atoms with E-state index in [1.807, 2.05) is 12.1 Å². The molecule has 1 aromatic heterocycles. The van der Waals surface area contributed by atoms with Gasteiger partial charge in [0, 0.05) is 0 Å². The lowest BCUT2D eigenvalue weighted by Crippen LogP contribution is -2.20. The summed E-state index contributed by atoms with van der Waals surface area (Å²) in [5.74, 6) is 0. The van der Waals surface area contributed by atoms with Crippen LogP contribution in [0, 0.1) is 16.1 Å². The summed E-state index contributed by atoms with van der Waals surface area (Å²) in [6.45, 7) is 0. The third-order valence-corrected chi connectivity index (χ3v) is 3.73. The SMILES string of the molecule is N#Cc1ccc(Cl)c(-n2c(=S)[nH]c3ccccc3c2=O)c1. The molecule has 0 bridgehead atoms. The third-order valence-electron chi connectivity index (χ3n) is 3.12. The minimum atomic E-state index is -0.272. The molecule has 0 amide bonds. The predicted molar refractivity (Wildman–Crippen MR) is 84.5 cm³/mol. The topological polar surface area (TPSA) is 61.6 Å². The van der Waals surface area contributed by atoms with Gasteiger partial charge in [0.1, 0.15) is 0 Å². The van der Waals surface area contributed by atoms with Crippen LogP contribution in [0.1, 0.15) is 5.56 Å². The predicted octanol–water partition coefficient (Wildman–Crippen LogP) is 3.57. The van der Waals surface area contributed by atoms with Crippen LogP contribution in [0.25, 0.3) is 16.6 Å². The number of rotatable bonds is 1. The molecular weight excluding hydrogens is 306 g/mol. The van der Waals surface area contributed by atoms with E-state index in [4.69, 9.17) is 29.1 Å². The molecule has 2 aromatic carbocycles. The maximum Gasteiger partial charge on any atom is 0.266 e. The number of nitrogens with zero attached hydrogens (tertiary/aromatic N) is 2. The molecule has 0 unspecified atom stereocenters. The molecular formula is C15H8ClN3OS. The van der Waals surface area contributed by atoms with Gasteiger partial charge in [-0.25, -0.2) is 0 Å². The zero-order valence-corrected chi connectivity index (χ0v) is 12.2. The molecule has 0 saturated carbocycles. The van der Waals surface area contributed by atoms with Gasteiger partial charge in [0.15, 0.2) is 4.77 Å². The highest BCUT2D eigenvalue weighted by Gasteiger charge is 2.11. The second-order valence-electron chi connectivity index (χ2n) is 4.39. The van der Waals surface area contributed by atoms with Crippen molar-refractivity contribution in [1.29, 1.82) is 5.26 Å². The Labute approximate surface area is 129 Å². The lowest BCUT2D eigenvalue weighted by Gasteiger charge is -2.10. The fourth-order valence-corrected chi connectivity index (χ4v) is 2.63. The summed E-state index contributed by atoms with van der Waals surface area (Å²) in [7, 11) is 0. The van der Waals surface area contributed by atoms with Crippen molar-refractivity contribution in [3.8, 4) is 11.8 Å². The zero-order chi connectivity index (χ0) is 15.0. The molecule has 0 aliphatic heterocycles. The molecule has 0 spiro atoms. The molecule has 1 heterocycles. The molecule has 0 atom stereocenters. The van der Waals surface area contributed by atoms with Crippen molar-refractivity contribution in [1.82, 2.24) is 9.55 Å². The van der Waals surface area contributed by atoms with Crippen molar-refractivity contribution >= 4 is 34.7 Å². The van der Waals surface area contributed by atoms with E-state index in [0.29, 0.717) is 27.2 Å². The van der Waals surface area contributed by atoms with Gasteiger partial charge in [-0.15, -0.1) is 0 Å². The van der Waals surface area contributed by atoms with Gasteiger partial charge in [0.25, 0.3) is 5.56 Å². The van der Waals surface area contributed by atoms with E-state index in [-0.39, 0.29) is 10.3 Å². The summed E-state index contributed by atoms with van der Waals surface area (Å²) in [5.41, 5.74) is 1.19. The number of aromatic amines is 1. The van der Waals surface area contributed by atoms with Gasteiger partial charge in [0.05, 0.1) is 33.2 Å². The summed E-state index contributed by atoms with van der Waals surface area (Å²) in [4.78, 5) is 15.6. The number of fused-ring (bicyclic) bond motifs is 1. The fourth-order valence-electron chi connectivity index (χ4n) is 2.13. The Morgan fingerprint density at radius 2 is 2.00 bits per heavy atom. The summed E-state index contributed by atoms with van der Waals surface area (Å²) in [5, 5.41) is 9.85. The summed E-state index contributed by atoms with van der Waals surface area (Å²) >= 11 is 11.4. The first-order valence-corrected chi connectivity index (χ1v) is 6.84. The molecule has 0 fully saturated rings. The maximum absolute atomic E-state index is 12.6. The number of para-hydroxylation sites is 1. The first kappa shape index (κ1) is 13.6. The van der Waals surface area contributed by atoms with E-state index in [1.165, 1.54) is 4.57 Å². The Bertz CT molecular complexity index is 1010. The average Bonchev–Trinajstić information content (AvgIpc) is 2.49. The van der Waals surface area contributed by atoms with Gasteiger partial charge in [-0.2, -0.15) is 5.26 Å². The molecule has 4 nitrogen and oxygen atoms in total. The van der Waals surface area contributed by atoms with Crippen LogP contribution in [-0.4, -0.2) is 9.55 Å². The van der Waals surface area contributed by atoms with Gasteiger partial charge in [-0.1, -0.05) is 23.7 Å². The van der Waals surface area contributed by atoms with E-state index in [2.05, 4.69) is 4.98 Å². The van der Waals surface area contributed by atoms with Crippen molar-refractivity contribution in [2.24, 2.45) is 0 Å². The Hall–Kier alpha value is -2.42. The Morgan fingerprint density at radius 3 is 2.76 bits per heavy atom. The fraction of sp³-hybridized carbons (Fsp3) is 0. The van der Waals surface area contributed by atoms with E-state index < -0.39 is 0 Å². The lowest BCUT2D eigenvalue weighted by atomic mass is 10.2. The number of nitrogens with one attached hydrogen (secondary N) is 1. The first-order valence-electron chi connectivity index (χ1n) is 6.06. The Kier molecular flexibility index (Phi) is 3.34. The molecule has 102 valence electrons. The highest BCUT2D eigenvalue weighted by molar-refractivity contribution is 7.71. The Morgan fingerprint density at radius 1 is 1.24 bits per heavy atom. The van der Waals surface area contributed by atoms with Crippen LogP contribution in [0.5, 0.6) is 0 Å². The van der Waals surface area contributed by atoms with Crippen molar-refractivity contribution in [2.75, 3.05) is 0 Å². The molecule has 3 aromatic rings. The van der Waals surface area contributed by atoms with Crippen molar-refractivity contribution in [3.63, 3.8) is 0 Å². The number of nitriles is 1. The highest BCUT2D eigenvalue weighted by Crippen LogP contribution is 2.21. The smallest absolute Gasteiger partial charge is 0.266 e. The van der Waals surface area contributed by atoms with Gasteiger partial charge < -0.3 is 4.98 Å². The Balaban J connectivity index is 2.44. The number of H-pyrrole nitrogens is 1. The van der Waals surface area contributed by atoms with Gasteiger partial charge in [-0.05, 0) is 42.5 Å². The summed E-state index contributed by atoms with van der Waals surface area (Å²) in [6.07, 6.45) is 0. The summed E-state index contributed by atoms with van der Waals surface area (Å²) in [6, 6.07) is 13.8. The molecule has 0 aliphatic rings. The average molecular weight is 314 g/mol. The summed E-state index contributed by atoms with van der Waals surface area (Å²) < 4.78 is 1.54. The second-order valence-corrected chi connectivity index (χ2v) is 5.19. The quantitative estimate of drug-likeness (QED) is 0.699. The molecule has 21 heavy (non-hydrogen) atoms. The number of benzene rings is 2.